The fourth-order valence-corrected chi connectivity index (χ4v) is 6.16. The molecule has 51 heavy (non-hydrogen) atoms. The van der Waals surface area contributed by atoms with Crippen LogP contribution in [-0.4, -0.2) is 23.4 Å². The smallest absolute Gasteiger partial charge is 0.412 e. The van der Waals surface area contributed by atoms with Crippen LogP contribution >= 0.6 is 0 Å². The SMILES string of the molecule is CCc1cc(-c2ccc(-c3ccc(-c4ccc(NC(=O)OC(C)(C)C)cc4)c(CC)c3)c(C)c2)ccc1-c1ccc(NC(=O)OC(C)(C)C)cc1. The summed E-state index contributed by atoms with van der Waals surface area (Å²) >= 11 is 0. The van der Waals surface area contributed by atoms with Crippen molar-refractivity contribution in [1.29, 1.82) is 0 Å². The monoisotopic (exact) mass is 682 g/mol. The molecule has 0 heterocycles. The second kappa shape index (κ2) is 15.3. The van der Waals surface area contributed by atoms with E-state index in [2.05, 4.69) is 86.0 Å². The lowest BCUT2D eigenvalue weighted by Crippen LogP contribution is -2.27. The number of ether oxygens (including phenoxy) is 2. The van der Waals surface area contributed by atoms with E-state index in [-0.39, 0.29) is 0 Å². The van der Waals surface area contributed by atoms with Gasteiger partial charge in [-0.05, 0) is 147 Å². The quantitative estimate of drug-likeness (QED) is 0.171. The van der Waals surface area contributed by atoms with Crippen LogP contribution in [0, 0.1) is 6.92 Å². The Bertz CT molecular complexity index is 2010. The first-order valence-electron chi connectivity index (χ1n) is 17.7. The molecule has 2 N–H and O–H groups in total. The minimum Gasteiger partial charge on any atom is -0.444 e. The summed E-state index contributed by atoms with van der Waals surface area (Å²) in [5, 5.41) is 5.62. The average molecular weight is 683 g/mol. The summed E-state index contributed by atoms with van der Waals surface area (Å²) in [5.41, 5.74) is 13.4. The first-order chi connectivity index (χ1) is 24.1. The molecule has 0 atom stereocenters. The highest BCUT2D eigenvalue weighted by Gasteiger charge is 2.18. The molecule has 0 aliphatic rings. The van der Waals surface area contributed by atoms with Crippen LogP contribution in [0.15, 0.2) is 103 Å². The highest BCUT2D eigenvalue weighted by Crippen LogP contribution is 2.35. The summed E-state index contributed by atoms with van der Waals surface area (Å²) in [5.74, 6) is 0. The van der Waals surface area contributed by atoms with E-state index in [1.807, 2.05) is 90.1 Å². The molecule has 0 saturated heterocycles. The maximum atomic E-state index is 12.2. The van der Waals surface area contributed by atoms with E-state index in [0.717, 1.165) is 24.0 Å². The van der Waals surface area contributed by atoms with Gasteiger partial charge < -0.3 is 9.47 Å². The molecule has 5 aromatic rings. The van der Waals surface area contributed by atoms with Crippen molar-refractivity contribution >= 4 is 23.6 Å². The van der Waals surface area contributed by atoms with Crippen LogP contribution in [0.25, 0.3) is 44.5 Å². The number of hydrogen-bond donors (Lipinski definition) is 2. The topological polar surface area (TPSA) is 76.7 Å². The van der Waals surface area contributed by atoms with Gasteiger partial charge in [-0.2, -0.15) is 0 Å². The number of nitrogens with one attached hydrogen (secondary N) is 2. The van der Waals surface area contributed by atoms with Gasteiger partial charge in [0.1, 0.15) is 11.2 Å². The molecule has 6 heteroatoms. The van der Waals surface area contributed by atoms with Crippen molar-refractivity contribution in [3.05, 3.63) is 120 Å². The maximum Gasteiger partial charge on any atom is 0.412 e. The predicted octanol–water partition coefficient (Wildman–Crippen LogP) is 12.5. The Hall–Kier alpha value is -5.36. The lowest BCUT2D eigenvalue weighted by Gasteiger charge is -2.20. The molecular formula is C45H50N2O4. The van der Waals surface area contributed by atoms with Crippen molar-refractivity contribution < 1.29 is 19.1 Å². The van der Waals surface area contributed by atoms with Crippen molar-refractivity contribution in [2.75, 3.05) is 10.6 Å². The molecule has 0 saturated carbocycles. The van der Waals surface area contributed by atoms with Crippen molar-refractivity contribution in [3.8, 4) is 44.5 Å². The van der Waals surface area contributed by atoms with Crippen LogP contribution < -0.4 is 10.6 Å². The van der Waals surface area contributed by atoms with Gasteiger partial charge in [-0.1, -0.05) is 92.7 Å². The van der Waals surface area contributed by atoms with Crippen LogP contribution in [0.1, 0.15) is 72.1 Å². The minimum atomic E-state index is -0.550. The Kier molecular flexibility index (Phi) is 11.0. The number of anilines is 2. The summed E-state index contributed by atoms with van der Waals surface area (Å²) in [7, 11) is 0. The molecule has 264 valence electrons. The van der Waals surface area contributed by atoms with Crippen molar-refractivity contribution in [2.45, 2.75) is 86.4 Å². The molecule has 0 aliphatic carbocycles. The number of benzene rings is 5. The number of carbonyl (C=O) groups excluding carboxylic acids is 2. The zero-order valence-corrected chi connectivity index (χ0v) is 31.4. The summed E-state index contributed by atoms with van der Waals surface area (Å²) in [6.45, 7) is 17.6. The van der Waals surface area contributed by atoms with Crippen LogP contribution in [-0.2, 0) is 22.3 Å². The molecule has 5 rings (SSSR count). The number of carbonyl (C=O) groups is 2. The second-order valence-corrected chi connectivity index (χ2v) is 14.9. The summed E-state index contributed by atoms with van der Waals surface area (Å²) < 4.78 is 10.8. The largest absolute Gasteiger partial charge is 0.444 e. The number of rotatable bonds is 8. The number of aryl methyl sites for hydroxylation is 3. The number of amides is 2. The Balaban J connectivity index is 1.32. The van der Waals surface area contributed by atoms with Gasteiger partial charge in [0, 0.05) is 11.4 Å². The van der Waals surface area contributed by atoms with Gasteiger partial charge in [-0.3, -0.25) is 10.6 Å². The molecule has 0 unspecified atom stereocenters. The fraction of sp³-hybridized carbons (Fsp3) is 0.289. The molecule has 2 amide bonds. The van der Waals surface area contributed by atoms with Gasteiger partial charge in [-0.25, -0.2) is 9.59 Å². The zero-order chi connectivity index (χ0) is 36.9. The van der Waals surface area contributed by atoms with Crippen molar-refractivity contribution in [2.24, 2.45) is 0 Å². The van der Waals surface area contributed by atoms with Gasteiger partial charge >= 0.3 is 12.2 Å². The van der Waals surface area contributed by atoms with Gasteiger partial charge in [-0.15, -0.1) is 0 Å². The van der Waals surface area contributed by atoms with Crippen LogP contribution in [0.3, 0.4) is 0 Å². The molecule has 0 aromatic heterocycles. The van der Waals surface area contributed by atoms with Gasteiger partial charge in [0.15, 0.2) is 0 Å². The van der Waals surface area contributed by atoms with Crippen LogP contribution in [0.2, 0.25) is 0 Å². The van der Waals surface area contributed by atoms with Crippen molar-refractivity contribution in [1.82, 2.24) is 0 Å². The Labute approximate surface area is 303 Å². The van der Waals surface area contributed by atoms with Gasteiger partial charge in [0.2, 0.25) is 0 Å². The van der Waals surface area contributed by atoms with Crippen molar-refractivity contribution in [3.63, 3.8) is 0 Å². The van der Waals surface area contributed by atoms with E-state index >= 15 is 0 Å². The number of hydrogen-bond acceptors (Lipinski definition) is 4. The average Bonchev–Trinajstić information content (AvgIpc) is 3.06. The molecule has 0 fully saturated rings. The Morgan fingerprint density at radius 1 is 0.490 bits per heavy atom. The molecule has 5 aromatic carbocycles. The van der Waals surface area contributed by atoms with E-state index in [4.69, 9.17) is 9.47 Å². The highest BCUT2D eigenvalue weighted by atomic mass is 16.6. The standard InChI is InChI=1S/C45H50N2O4/c1-10-30-27-35(17-24-40(30)32-12-19-37(20-13-32)46-42(48)50-44(4,5)6)34-16-23-39(29(3)26-34)36-18-25-41(31(11-2)28-36)33-14-21-38(22-15-33)47-43(49)51-45(7,8)9/h12-28H,10-11H2,1-9H3,(H,46,48)(H,47,49). The third-order valence-electron chi connectivity index (χ3n) is 8.53. The molecule has 6 nitrogen and oxygen atoms in total. The zero-order valence-electron chi connectivity index (χ0n) is 31.4. The molecule has 0 bridgehead atoms. The van der Waals surface area contributed by atoms with E-state index in [1.54, 1.807) is 0 Å². The van der Waals surface area contributed by atoms with E-state index in [0.29, 0.717) is 11.4 Å². The van der Waals surface area contributed by atoms with E-state index in [9.17, 15) is 9.59 Å². The maximum absolute atomic E-state index is 12.2. The fourth-order valence-electron chi connectivity index (χ4n) is 6.16. The second-order valence-electron chi connectivity index (χ2n) is 14.9. The Morgan fingerprint density at radius 2 is 0.843 bits per heavy atom. The summed E-state index contributed by atoms with van der Waals surface area (Å²) in [6.07, 6.45) is 0.868. The summed E-state index contributed by atoms with van der Waals surface area (Å²) in [6, 6.07) is 35.9. The van der Waals surface area contributed by atoms with Crippen LogP contribution in [0.4, 0.5) is 21.0 Å². The molecular weight excluding hydrogens is 633 g/mol. The van der Waals surface area contributed by atoms with E-state index in [1.165, 1.54) is 50.1 Å². The molecule has 0 aliphatic heterocycles. The highest BCUT2D eigenvalue weighted by molar-refractivity contribution is 5.87. The van der Waals surface area contributed by atoms with Crippen LogP contribution in [0.5, 0.6) is 0 Å². The molecule has 0 radical (unpaired) electrons. The minimum absolute atomic E-state index is 0.462. The Morgan fingerprint density at radius 3 is 1.24 bits per heavy atom. The first kappa shape index (κ1) is 36.9. The van der Waals surface area contributed by atoms with Gasteiger partial charge in [0.25, 0.3) is 0 Å². The first-order valence-corrected chi connectivity index (χ1v) is 17.7. The van der Waals surface area contributed by atoms with E-state index < -0.39 is 23.4 Å². The summed E-state index contributed by atoms with van der Waals surface area (Å²) in [4.78, 5) is 24.4. The molecule has 0 spiro atoms. The third-order valence-corrected chi connectivity index (χ3v) is 8.53. The predicted molar refractivity (Wildman–Crippen MR) is 211 cm³/mol. The van der Waals surface area contributed by atoms with Gasteiger partial charge in [0.05, 0.1) is 0 Å². The third kappa shape index (κ3) is 9.66. The lowest BCUT2D eigenvalue weighted by molar-refractivity contribution is 0.0624. The normalized spacial score (nSPS) is 11.5. The lowest BCUT2D eigenvalue weighted by atomic mass is 9.90.